The molecule has 1 aliphatic rings. The normalized spacial score (nSPS) is 16.7. The van der Waals surface area contributed by atoms with Gasteiger partial charge in [0.15, 0.2) is 5.96 Å². The second kappa shape index (κ2) is 9.02. The minimum absolute atomic E-state index is 0.0516. The molecule has 0 spiro atoms. The Balaban J connectivity index is 1.81. The first kappa shape index (κ1) is 20.2. The van der Waals surface area contributed by atoms with Gasteiger partial charge < -0.3 is 20.1 Å². The third-order valence-corrected chi connectivity index (χ3v) is 4.59. The molecule has 2 rings (SSSR count). The first-order chi connectivity index (χ1) is 12.4. The predicted octanol–water partition coefficient (Wildman–Crippen LogP) is 0.838. The zero-order valence-corrected chi connectivity index (χ0v) is 16.6. The molecule has 0 aliphatic carbocycles. The van der Waals surface area contributed by atoms with Crippen molar-refractivity contribution >= 4 is 11.9 Å². The minimum atomic E-state index is -0.488. The van der Waals surface area contributed by atoms with E-state index in [0.29, 0.717) is 13.1 Å². The van der Waals surface area contributed by atoms with E-state index in [1.54, 1.807) is 7.05 Å². The van der Waals surface area contributed by atoms with Crippen molar-refractivity contribution in [2.45, 2.75) is 34.2 Å². The molecule has 0 saturated carbocycles. The number of amides is 1. The van der Waals surface area contributed by atoms with Crippen LogP contribution in [0.15, 0.2) is 15.6 Å². The van der Waals surface area contributed by atoms with Crippen molar-refractivity contribution in [2.24, 2.45) is 10.4 Å². The van der Waals surface area contributed by atoms with Gasteiger partial charge in [0.1, 0.15) is 5.76 Å². The topological polar surface area (TPSA) is 86.0 Å². The van der Waals surface area contributed by atoms with E-state index < -0.39 is 5.41 Å². The third-order valence-electron chi connectivity index (χ3n) is 4.59. The third kappa shape index (κ3) is 5.45. The number of piperazine rings is 1. The maximum absolute atomic E-state index is 12.1. The molecule has 0 unspecified atom stereocenters. The lowest BCUT2D eigenvalue weighted by molar-refractivity contribution is -0.128. The van der Waals surface area contributed by atoms with E-state index in [4.69, 9.17) is 4.52 Å². The number of rotatable bonds is 6. The molecule has 1 saturated heterocycles. The van der Waals surface area contributed by atoms with Crippen LogP contribution in [-0.4, -0.2) is 73.1 Å². The molecule has 2 N–H and O–H groups in total. The van der Waals surface area contributed by atoms with Crippen LogP contribution in [0.3, 0.4) is 0 Å². The van der Waals surface area contributed by atoms with E-state index in [2.05, 4.69) is 30.6 Å². The number of nitrogens with one attached hydrogen (secondary N) is 2. The smallest absolute Gasteiger partial charge is 0.227 e. The Morgan fingerprint density at radius 3 is 2.54 bits per heavy atom. The van der Waals surface area contributed by atoms with Gasteiger partial charge in [0.05, 0.1) is 11.1 Å². The van der Waals surface area contributed by atoms with Crippen molar-refractivity contribution in [2.75, 3.05) is 46.3 Å². The molecule has 8 heteroatoms. The Hall–Kier alpha value is -2.09. The largest absolute Gasteiger partial charge is 0.361 e. The number of hydrogen-bond donors (Lipinski definition) is 2. The Labute approximate surface area is 156 Å². The molecule has 1 aromatic heterocycles. The lowest BCUT2D eigenvalue weighted by Crippen LogP contribution is -2.54. The summed E-state index contributed by atoms with van der Waals surface area (Å²) in [5, 5.41) is 10.3. The lowest BCUT2D eigenvalue weighted by atomic mass is 9.92. The SMILES string of the molecule is CCNC(=O)C(C)(C)CNC(=NC)N1CCN(Cc2cc(C)on2)CC1. The summed E-state index contributed by atoms with van der Waals surface area (Å²) in [6, 6.07) is 1.98. The standard InChI is InChI=1S/C18H32N6O2/c1-6-20-16(25)18(3,4)13-21-17(19-5)24-9-7-23(8-10-24)12-15-11-14(2)26-22-15/h11H,6-10,12-13H2,1-5H3,(H,19,21)(H,20,25). The van der Waals surface area contributed by atoms with E-state index in [1.807, 2.05) is 33.8 Å². The number of aromatic nitrogens is 1. The summed E-state index contributed by atoms with van der Waals surface area (Å²) in [5.41, 5.74) is 0.487. The average Bonchev–Trinajstić information content (AvgIpc) is 3.02. The number of carbonyl (C=O) groups is 1. The van der Waals surface area contributed by atoms with E-state index in [1.165, 1.54) is 0 Å². The highest BCUT2D eigenvalue weighted by atomic mass is 16.5. The molecular formula is C18H32N6O2. The zero-order chi connectivity index (χ0) is 19.2. The number of guanidine groups is 1. The Kier molecular flexibility index (Phi) is 7.02. The van der Waals surface area contributed by atoms with E-state index in [-0.39, 0.29) is 5.91 Å². The van der Waals surface area contributed by atoms with Gasteiger partial charge in [-0.25, -0.2) is 0 Å². The molecule has 1 amide bonds. The van der Waals surface area contributed by atoms with Crippen molar-refractivity contribution < 1.29 is 9.32 Å². The molecule has 0 bridgehead atoms. The highest BCUT2D eigenvalue weighted by Crippen LogP contribution is 2.14. The number of carbonyl (C=O) groups excluding carboxylic acids is 1. The quantitative estimate of drug-likeness (QED) is 0.575. The Morgan fingerprint density at radius 1 is 1.31 bits per heavy atom. The molecule has 26 heavy (non-hydrogen) atoms. The van der Waals surface area contributed by atoms with Crippen LogP contribution in [0.4, 0.5) is 0 Å². The van der Waals surface area contributed by atoms with Gasteiger partial charge in [0.25, 0.3) is 0 Å². The Morgan fingerprint density at radius 2 is 2.00 bits per heavy atom. The molecule has 1 aromatic rings. The number of aryl methyl sites for hydroxylation is 1. The fourth-order valence-corrected chi connectivity index (χ4v) is 2.95. The molecule has 8 nitrogen and oxygen atoms in total. The molecule has 146 valence electrons. The van der Waals surface area contributed by atoms with Gasteiger partial charge in [-0.3, -0.25) is 14.7 Å². The van der Waals surface area contributed by atoms with Gasteiger partial charge in [-0.05, 0) is 27.7 Å². The van der Waals surface area contributed by atoms with Gasteiger partial charge in [-0.1, -0.05) is 5.16 Å². The summed E-state index contributed by atoms with van der Waals surface area (Å²) in [4.78, 5) is 21.1. The van der Waals surface area contributed by atoms with Crippen LogP contribution in [-0.2, 0) is 11.3 Å². The van der Waals surface area contributed by atoms with Gasteiger partial charge in [0.2, 0.25) is 5.91 Å². The number of aliphatic imine (C=N–C) groups is 1. The van der Waals surface area contributed by atoms with Crippen LogP contribution in [0.5, 0.6) is 0 Å². The Bertz CT molecular complexity index is 617. The molecule has 1 fully saturated rings. The molecule has 0 radical (unpaired) electrons. The van der Waals surface area contributed by atoms with Crippen LogP contribution in [0.2, 0.25) is 0 Å². The summed E-state index contributed by atoms with van der Waals surface area (Å²) < 4.78 is 5.13. The summed E-state index contributed by atoms with van der Waals surface area (Å²) in [7, 11) is 1.78. The van der Waals surface area contributed by atoms with E-state index in [9.17, 15) is 4.79 Å². The van der Waals surface area contributed by atoms with Gasteiger partial charge >= 0.3 is 0 Å². The van der Waals surface area contributed by atoms with E-state index >= 15 is 0 Å². The fourth-order valence-electron chi connectivity index (χ4n) is 2.95. The van der Waals surface area contributed by atoms with Crippen LogP contribution in [0.1, 0.15) is 32.2 Å². The van der Waals surface area contributed by atoms with Crippen molar-refractivity contribution in [3.8, 4) is 0 Å². The molecule has 0 atom stereocenters. The zero-order valence-electron chi connectivity index (χ0n) is 16.6. The summed E-state index contributed by atoms with van der Waals surface area (Å²) >= 11 is 0. The first-order valence-corrected chi connectivity index (χ1v) is 9.24. The van der Waals surface area contributed by atoms with Crippen molar-refractivity contribution in [1.29, 1.82) is 0 Å². The average molecular weight is 364 g/mol. The molecule has 1 aliphatic heterocycles. The molecule has 0 aromatic carbocycles. The van der Waals surface area contributed by atoms with E-state index in [0.717, 1.165) is 50.1 Å². The molecule has 2 heterocycles. The highest BCUT2D eigenvalue weighted by Gasteiger charge is 2.28. The van der Waals surface area contributed by atoms with Crippen LogP contribution in [0, 0.1) is 12.3 Å². The summed E-state index contributed by atoms with van der Waals surface area (Å²) in [6.45, 7) is 13.4. The lowest BCUT2D eigenvalue weighted by Gasteiger charge is -2.37. The monoisotopic (exact) mass is 364 g/mol. The van der Waals surface area contributed by atoms with Crippen LogP contribution in [0.25, 0.3) is 0 Å². The highest BCUT2D eigenvalue weighted by molar-refractivity contribution is 5.84. The maximum Gasteiger partial charge on any atom is 0.227 e. The van der Waals surface area contributed by atoms with Crippen molar-refractivity contribution in [3.05, 3.63) is 17.5 Å². The second-order valence-electron chi connectivity index (χ2n) is 7.34. The summed E-state index contributed by atoms with van der Waals surface area (Å²) in [6.07, 6.45) is 0. The van der Waals surface area contributed by atoms with Crippen LogP contribution >= 0.6 is 0 Å². The van der Waals surface area contributed by atoms with Gasteiger partial charge in [0, 0.05) is 58.9 Å². The number of nitrogens with zero attached hydrogens (tertiary/aromatic N) is 4. The fraction of sp³-hybridized carbons (Fsp3) is 0.722. The van der Waals surface area contributed by atoms with Crippen molar-refractivity contribution in [3.63, 3.8) is 0 Å². The summed E-state index contributed by atoms with van der Waals surface area (Å²) in [5.74, 6) is 1.74. The van der Waals surface area contributed by atoms with Gasteiger partial charge in [-0.2, -0.15) is 0 Å². The minimum Gasteiger partial charge on any atom is -0.361 e. The maximum atomic E-state index is 12.1. The number of hydrogen-bond acceptors (Lipinski definition) is 5. The first-order valence-electron chi connectivity index (χ1n) is 9.24. The van der Waals surface area contributed by atoms with Gasteiger partial charge in [-0.15, -0.1) is 0 Å². The van der Waals surface area contributed by atoms with Crippen LogP contribution < -0.4 is 10.6 Å². The second-order valence-corrected chi connectivity index (χ2v) is 7.34. The molecular weight excluding hydrogens is 332 g/mol. The predicted molar refractivity (Wildman–Crippen MR) is 102 cm³/mol. The van der Waals surface area contributed by atoms with Crippen molar-refractivity contribution in [1.82, 2.24) is 25.6 Å².